The van der Waals surface area contributed by atoms with Crippen molar-refractivity contribution in [3.05, 3.63) is 11.6 Å². The number of carbonyl (C=O) groups is 2. The summed E-state index contributed by atoms with van der Waals surface area (Å²) < 4.78 is 35.2. The summed E-state index contributed by atoms with van der Waals surface area (Å²) in [5.74, 6) is -1.39. The van der Waals surface area contributed by atoms with Gasteiger partial charge in [0.15, 0.2) is 0 Å². The zero-order chi connectivity index (χ0) is 14.7. The van der Waals surface area contributed by atoms with E-state index in [1.165, 1.54) is 20.3 Å². The first kappa shape index (κ1) is 15.6. The van der Waals surface area contributed by atoms with Crippen molar-refractivity contribution in [1.29, 1.82) is 0 Å². The second-order valence-corrected chi connectivity index (χ2v) is 5.73. The van der Waals surface area contributed by atoms with Crippen LogP contribution in [0.1, 0.15) is 12.8 Å². The molecule has 0 aromatic carbocycles. The van der Waals surface area contributed by atoms with Crippen molar-refractivity contribution in [2.75, 3.05) is 27.1 Å². The Hall–Kier alpha value is -1.41. The summed E-state index contributed by atoms with van der Waals surface area (Å²) in [6, 6.07) is 0. The lowest BCUT2D eigenvalue weighted by molar-refractivity contribution is -0.159. The van der Waals surface area contributed by atoms with E-state index in [-0.39, 0.29) is 6.61 Å². The second-order valence-electron chi connectivity index (χ2n) is 4.09. The molecular formula is C11H16O7S. The molecule has 0 fully saturated rings. The summed E-state index contributed by atoms with van der Waals surface area (Å²) in [6.07, 6.45) is 3.15. The molecule has 0 bridgehead atoms. The Morgan fingerprint density at radius 2 is 1.74 bits per heavy atom. The first-order valence-corrected chi connectivity index (χ1v) is 7.33. The second kappa shape index (κ2) is 5.70. The molecule has 0 aromatic heterocycles. The zero-order valence-corrected chi connectivity index (χ0v) is 11.8. The molecule has 0 amide bonds. The number of methoxy groups -OCH3 is 2. The molecule has 0 aliphatic heterocycles. The summed E-state index contributed by atoms with van der Waals surface area (Å²) in [5.41, 5.74) is -0.863. The average Bonchev–Trinajstić information content (AvgIpc) is 3.07. The Labute approximate surface area is 111 Å². The topological polar surface area (TPSA) is 96.0 Å². The highest BCUT2D eigenvalue weighted by molar-refractivity contribution is 7.85. The van der Waals surface area contributed by atoms with Crippen molar-refractivity contribution in [2.45, 2.75) is 12.8 Å². The summed E-state index contributed by atoms with van der Waals surface area (Å²) >= 11 is 0. The number of hydrogen-bond donors (Lipinski definition) is 0. The molecule has 0 spiro atoms. The average molecular weight is 292 g/mol. The van der Waals surface area contributed by atoms with Crippen LogP contribution in [-0.2, 0) is 33.4 Å². The van der Waals surface area contributed by atoms with E-state index < -0.39 is 27.5 Å². The van der Waals surface area contributed by atoms with Gasteiger partial charge in [-0.2, -0.15) is 8.42 Å². The van der Waals surface area contributed by atoms with Crippen molar-refractivity contribution < 1.29 is 31.7 Å². The fourth-order valence-electron chi connectivity index (χ4n) is 1.75. The molecule has 0 N–H and O–H groups in total. The molecule has 1 aliphatic carbocycles. The molecule has 0 unspecified atom stereocenters. The first-order valence-electron chi connectivity index (χ1n) is 5.51. The molecule has 8 heteroatoms. The number of carbonyl (C=O) groups excluding carboxylic acids is 2. The van der Waals surface area contributed by atoms with E-state index in [1.54, 1.807) is 0 Å². The van der Waals surface area contributed by atoms with Crippen molar-refractivity contribution in [3.8, 4) is 0 Å². The third kappa shape index (κ3) is 3.54. The van der Waals surface area contributed by atoms with Gasteiger partial charge in [-0.3, -0.25) is 13.8 Å². The Morgan fingerprint density at radius 3 is 2.16 bits per heavy atom. The van der Waals surface area contributed by atoms with Crippen molar-refractivity contribution in [2.24, 2.45) is 5.41 Å². The van der Waals surface area contributed by atoms with Crippen LogP contribution in [0, 0.1) is 5.41 Å². The van der Waals surface area contributed by atoms with E-state index in [2.05, 4.69) is 13.7 Å². The molecule has 1 aliphatic rings. The highest BCUT2D eigenvalue weighted by Gasteiger charge is 2.59. The number of hydrogen-bond acceptors (Lipinski definition) is 7. The minimum atomic E-state index is -3.48. The summed E-state index contributed by atoms with van der Waals surface area (Å²) in [4.78, 5) is 23.2. The van der Waals surface area contributed by atoms with Gasteiger partial charge in [0, 0.05) is 0 Å². The maximum Gasteiger partial charge on any atom is 0.331 e. The summed E-state index contributed by atoms with van der Waals surface area (Å²) in [5, 5.41) is 0. The SMILES string of the molecule is COC(=O)C1(C(=O)OC)C=C1CCCOS(C)(=O)=O. The lowest BCUT2D eigenvalue weighted by Crippen LogP contribution is -2.31. The van der Waals surface area contributed by atoms with Crippen LogP contribution >= 0.6 is 0 Å². The molecule has 0 heterocycles. The molecule has 0 aromatic rings. The monoisotopic (exact) mass is 292 g/mol. The first-order chi connectivity index (χ1) is 8.78. The van der Waals surface area contributed by atoms with Gasteiger partial charge in [-0.05, 0) is 18.4 Å². The van der Waals surface area contributed by atoms with E-state index >= 15 is 0 Å². The van der Waals surface area contributed by atoms with Gasteiger partial charge < -0.3 is 9.47 Å². The molecule has 1 rings (SSSR count). The summed E-state index contributed by atoms with van der Waals surface area (Å²) in [6.45, 7) is -0.00536. The van der Waals surface area contributed by atoms with Crippen LogP contribution in [0.3, 0.4) is 0 Å². The Kier molecular flexibility index (Phi) is 4.70. The third-order valence-corrected chi connectivity index (χ3v) is 3.31. The number of esters is 2. The summed E-state index contributed by atoms with van der Waals surface area (Å²) in [7, 11) is -1.11. The van der Waals surface area contributed by atoms with Crippen LogP contribution in [0.25, 0.3) is 0 Å². The maximum atomic E-state index is 11.6. The van der Waals surface area contributed by atoms with Crippen LogP contribution in [0.2, 0.25) is 0 Å². The predicted molar refractivity (Wildman–Crippen MR) is 64.6 cm³/mol. The predicted octanol–water partition coefficient (Wildman–Crippen LogP) is 0.0152. The smallest absolute Gasteiger partial charge is 0.331 e. The molecule has 7 nitrogen and oxygen atoms in total. The number of rotatable bonds is 7. The Morgan fingerprint density at radius 1 is 1.21 bits per heavy atom. The lowest BCUT2D eigenvalue weighted by atomic mass is 9.98. The fraction of sp³-hybridized carbons (Fsp3) is 0.636. The van der Waals surface area contributed by atoms with Crippen molar-refractivity contribution in [1.82, 2.24) is 0 Å². The van der Waals surface area contributed by atoms with Crippen LogP contribution in [0.15, 0.2) is 11.6 Å². The van der Waals surface area contributed by atoms with Crippen molar-refractivity contribution in [3.63, 3.8) is 0 Å². The van der Waals surface area contributed by atoms with E-state index in [4.69, 9.17) is 0 Å². The fourth-order valence-corrected chi connectivity index (χ4v) is 2.17. The van der Waals surface area contributed by atoms with Gasteiger partial charge >= 0.3 is 11.9 Å². The number of ether oxygens (including phenoxy) is 2. The minimum absolute atomic E-state index is 0.00536. The molecule has 0 atom stereocenters. The largest absolute Gasteiger partial charge is 0.468 e. The minimum Gasteiger partial charge on any atom is -0.468 e. The molecule has 108 valence electrons. The van der Waals surface area contributed by atoms with Gasteiger partial charge in [-0.25, -0.2) is 0 Å². The quantitative estimate of drug-likeness (QED) is 0.214. The van der Waals surface area contributed by atoms with Crippen LogP contribution < -0.4 is 0 Å². The third-order valence-electron chi connectivity index (χ3n) is 2.72. The normalized spacial score (nSPS) is 16.5. The van der Waals surface area contributed by atoms with Crippen LogP contribution in [0.4, 0.5) is 0 Å². The lowest BCUT2D eigenvalue weighted by Gasteiger charge is -2.13. The van der Waals surface area contributed by atoms with Gasteiger partial charge in [0.1, 0.15) is 0 Å². The maximum absolute atomic E-state index is 11.6. The van der Waals surface area contributed by atoms with Gasteiger partial charge in [-0.15, -0.1) is 0 Å². The molecule has 0 saturated carbocycles. The van der Waals surface area contributed by atoms with E-state index in [0.717, 1.165) is 6.26 Å². The molecule has 0 saturated heterocycles. The van der Waals surface area contributed by atoms with Crippen LogP contribution in [-0.4, -0.2) is 47.4 Å². The van der Waals surface area contributed by atoms with Crippen molar-refractivity contribution >= 4 is 22.1 Å². The van der Waals surface area contributed by atoms with Gasteiger partial charge in [-0.1, -0.05) is 6.08 Å². The van der Waals surface area contributed by atoms with E-state index in [9.17, 15) is 18.0 Å². The van der Waals surface area contributed by atoms with Gasteiger partial charge in [0.2, 0.25) is 5.41 Å². The van der Waals surface area contributed by atoms with Gasteiger partial charge in [0.25, 0.3) is 10.1 Å². The van der Waals surface area contributed by atoms with E-state index in [0.29, 0.717) is 18.4 Å². The molecule has 19 heavy (non-hydrogen) atoms. The Balaban J connectivity index is 2.51. The Bertz CT molecular complexity index is 487. The van der Waals surface area contributed by atoms with E-state index in [1.807, 2.05) is 0 Å². The van der Waals surface area contributed by atoms with Gasteiger partial charge in [0.05, 0.1) is 27.1 Å². The van der Waals surface area contributed by atoms with Crippen LogP contribution in [0.5, 0.6) is 0 Å². The molecule has 0 radical (unpaired) electrons. The standard InChI is InChI=1S/C11H16O7S/c1-16-9(12)11(10(13)17-2)7-8(11)5-4-6-18-19(3,14)15/h7H,4-6H2,1-3H3. The highest BCUT2D eigenvalue weighted by Crippen LogP contribution is 2.48. The zero-order valence-electron chi connectivity index (χ0n) is 11.0. The molecular weight excluding hydrogens is 276 g/mol. The highest BCUT2D eigenvalue weighted by atomic mass is 32.2.